The van der Waals surface area contributed by atoms with Gasteiger partial charge in [0.15, 0.2) is 0 Å². The van der Waals surface area contributed by atoms with Gasteiger partial charge >= 0.3 is 5.97 Å². The smallest absolute Gasteiger partial charge is 0.303 e. The second kappa shape index (κ2) is 8.99. The number of aromatic nitrogens is 1. The van der Waals surface area contributed by atoms with E-state index < -0.39 is 5.97 Å². The van der Waals surface area contributed by atoms with Crippen molar-refractivity contribution >= 4 is 23.2 Å². The molecule has 0 aliphatic carbocycles. The largest absolute Gasteiger partial charge is 0.481 e. The third-order valence-electron chi connectivity index (χ3n) is 5.61. The zero-order valence-electron chi connectivity index (χ0n) is 17.3. The lowest BCUT2D eigenvalue weighted by Gasteiger charge is -2.32. The van der Waals surface area contributed by atoms with Gasteiger partial charge in [0.05, 0.1) is 0 Å². The molecule has 0 radical (unpaired) electrons. The van der Waals surface area contributed by atoms with Crippen molar-refractivity contribution in [3.8, 4) is 0 Å². The monoisotopic (exact) mass is 401 g/mol. The molecule has 5 heteroatoms. The van der Waals surface area contributed by atoms with E-state index in [4.69, 9.17) is 5.11 Å². The van der Waals surface area contributed by atoms with Crippen molar-refractivity contribution in [2.45, 2.75) is 39.2 Å². The molecule has 2 heterocycles. The first-order chi connectivity index (χ1) is 14.6. The number of nitrogens with one attached hydrogen (secondary N) is 1. The average molecular weight is 402 g/mol. The van der Waals surface area contributed by atoms with Crippen molar-refractivity contribution in [1.29, 1.82) is 0 Å². The van der Waals surface area contributed by atoms with Gasteiger partial charge in [-0.2, -0.15) is 0 Å². The van der Waals surface area contributed by atoms with Crippen molar-refractivity contribution in [2.75, 3.05) is 16.8 Å². The molecular formula is C25H27N3O2. The number of hydrogen-bond acceptors (Lipinski definition) is 4. The van der Waals surface area contributed by atoms with Gasteiger partial charge in [0.1, 0.15) is 5.82 Å². The van der Waals surface area contributed by atoms with Gasteiger partial charge in [0, 0.05) is 36.6 Å². The number of aliphatic carboxylic acids is 1. The molecule has 0 saturated carbocycles. The Hall–Kier alpha value is -3.34. The zero-order chi connectivity index (χ0) is 20.9. The number of para-hydroxylation sites is 1. The van der Waals surface area contributed by atoms with Gasteiger partial charge < -0.3 is 15.3 Å². The molecule has 0 amide bonds. The van der Waals surface area contributed by atoms with Crippen LogP contribution >= 0.6 is 0 Å². The quantitative estimate of drug-likeness (QED) is 0.576. The van der Waals surface area contributed by atoms with E-state index in [-0.39, 0.29) is 6.42 Å². The van der Waals surface area contributed by atoms with Crippen LogP contribution in [0, 0.1) is 6.92 Å². The predicted molar refractivity (Wildman–Crippen MR) is 120 cm³/mol. The lowest BCUT2D eigenvalue weighted by Crippen LogP contribution is -2.24. The fourth-order valence-electron chi connectivity index (χ4n) is 3.99. The van der Waals surface area contributed by atoms with Crippen molar-refractivity contribution in [3.05, 3.63) is 83.0 Å². The summed E-state index contributed by atoms with van der Waals surface area (Å²) in [6.07, 6.45) is 2.92. The number of carboxylic acid groups (broad SMARTS) is 1. The molecule has 0 unspecified atom stereocenters. The highest BCUT2D eigenvalue weighted by Gasteiger charge is 2.18. The van der Waals surface area contributed by atoms with Crippen molar-refractivity contribution in [3.63, 3.8) is 0 Å². The van der Waals surface area contributed by atoms with Gasteiger partial charge in [0.25, 0.3) is 0 Å². The van der Waals surface area contributed by atoms with Crippen molar-refractivity contribution in [1.82, 2.24) is 4.98 Å². The minimum absolute atomic E-state index is 0.127. The van der Waals surface area contributed by atoms with E-state index >= 15 is 0 Å². The first-order valence-electron chi connectivity index (χ1n) is 10.5. The second-order valence-corrected chi connectivity index (χ2v) is 7.74. The number of pyridine rings is 1. The Labute approximate surface area is 177 Å². The molecule has 3 aromatic rings. The number of nitrogens with zero attached hydrogens (tertiary/aromatic N) is 2. The van der Waals surface area contributed by atoms with E-state index in [9.17, 15) is 4.79 Å². The maximum atomic E-state index is 10.8. The molecule has 1 aliphatic heterocycles. The minimum atomic E-state index is -0.784. The molecule has 2 aromatic carbocycles. The summed E-state index contributed by atoms with van der Waals surface area (Å²) in [6.45, 7) is 3.66. The highest BCUT2D eigenvalue weighted by Crippen LogP contribution is 2.34. The Bertz CT molecular complexity index is 1030. The van der Waals surface area contributed by atoms with Crippen LogP contribution in [0.25, 0.3) is 0 Å². The highest BCUT2D eigenvalue weighted by molar-refractivity contribution is 5.69. The van der Waals surface area contributed by atoms with Crippen LogP contribution in [0.3, 0.4) is 0 Å². The summed E-state index contributed by atoms with van der Waals surface area (Å²) in [4.78, 5) is 17.8. The van der Waals surface area contributed by atoms with Crippen LogP contribution in [0.2, 0.25) is 0 Å². The fraction of sp³-hybridized carbons (Fsp3) is 0.280. The first-order valence-corrected chi connectivity index (χ1v) is 10.5. The van der Waals surface area contributed by atoms with Gasteiger partial charge in [-0.25, -0.2) is 4.98 Å². The van der Waals surface area contributed by atoms with Gasteiger partial charge in [-0.05, 0) is 67.1 Å². The Morgan fingerprint density at radius 3 is 2.73 bits per heavy atom. The molecule has 0 fully saturated rings. The van der Waals surface area contributed by atoms with Crippen LogP contribution in [0.1, 0.15) is 35.2 Å². The summed E-state index contributed by atoms with van der Waals surface area (Å²) < 4.78 is 0. The molecule has 30 heavy (non-hydrogen) atoms. The van der Waals surface area contributed by atoms with E-state index in [0.717, 1.165) is 36.5 Å². The first kappa shape index (κ1) is 20.0. The second-order valence-electron chi connectivity index (χ2n) is 7.74. The van der Waals surface area contributed by atoms with Crippen LogP contribution in [0.4, 0.5) is 17.2 Å². The minimum Gasteiger partial charge on any atom is -0.481 e. The molecule has 0 atom stereocenters. The number of carbonyl (C=O) groups is 1. The number of hydrogen-bond donors (Lipinski definition) is 2. The third-order valence-corrected chi connectivity index (χ3v) is 5.61. The Kier molecular flexibility index (Phi) is 5.98. The molecular weight excluding hydrogens is 374 g/mol. The summed E-state index contributed by atoms with van der Waals surface area (Å²) >= 11 is 0. The maximum Gasteiger partial charge on any atom is 0.303 e. The van der Waals surface area contributed by atoms with Crippen LogP contribution in [0.5, 0.6) is 0 Å². The lowest BCUT2D eigenvalue weighted by molar-refractivity contribution is -0.136. The standard InChI is InChI=1S/C25H27N3O2/c1-18-20(12-14-25(29)30)11-13-24(27-18)26-17-19-9-10-21-6-5-15-28(23(21)16-19)22-7-3-2-4-8-22/h2-4,7-11,13,16H,5-6,12,14-15,17H2,1H3,(H,26,27)(H,29,30). The fourth-order valence-corrected chi connectivity index (χ4v) is 3.99. The van der Waals surface area contributed by atoms with Crippen molar-refractivity contribution in [2.24, 2.45) is 0 Å². The molecule has 5 nitrogen and oxygen atoms in total. The van der Waals surface area contributed by atoms with Crippen LogP contribution in [0.15, 0.2) is 60.7 Å². The Morgan fingerprint density at radius 1 is 1.13 bits per heavy atom. The Balaban J connectivity index is 1.47. The summed E-state index contributed by atoms with van der Waals surface area (Å²) in [5.74, 6) is 0.0257. The number of benzene rings is 2. The van der Waals surface area contributed by atoms with E-state index in [1.165, 1.54) is 22.5 Å². The number of carboxylic acids is 1. The molecule has 1 aliphatic rings. The third kappa shape index (κ3) is 4.62. The molecule has 2 N–H and O–H groups in total. The Morgan fingerprint density at radius 2 is 1.97 bits per heavy atom. The topological polar surface area (TPSA) is 65.5 Å². The SMILES string of the molecule is Cc1nc(NCc2ccc3c(c2)N(c2ccccc2)CCC3)ccc1CCC(=O)O. The molecule has 0 saturated heterocycles. The summed E-state index contributed by atoms with van der Waals surface area (Å²) in [7, 11) is 0. The van der Waals surface area contributed by atoms with Crippen LogP contribution in [-0.4, -0.2) is 22.6 Å². The summed E-state index contributed by atoms with van der Waals surface area (Å²) in [5.41, 5.74) is 6.99. The predicted octanol–water partition coefficient (Wildman–Crippen LogP) is 5.10. The number of fused-ring (bicyclic) bond motifs is 1. The number of anilines is 3. The highest BCUT2D eigenvalue weighted by atomic mass is 16.4. The molecule has 1 aromatic heterocycles. The van der Waals surface area contributed by atoms with E-state index in [2.05, 4.69) is 63.7 Å². The average Bonchev–Trinajstić information content (AvgIpc) is 2.77. The van der Waals surface area contributed by atoms with Gasteiger partial charge in [-0.15, -0.1) is 0 Å². The van der Waals surface area contributed by atoms with Crippen LogP contribution in [-0.2, 0) is 24.2 Å². The van der Waals surface area contributed by atoms with Gasteiger partial charge in [0.2, 0.25) is 0 Å². The molecule has 0 bridgehead atoms. The number of rotatable bonds is 7. The number of aryl methyl sites for hydroxylation is 3. The van der Waals surface area contributed by atoms with Crippen LogP contribution < -0.4 is 10.2 Å². The lowest BCUT2D eigenvalue weighted by atomic mass is 9.99. The summed E-state index contributed by atoms with van der Waals surface area (Å²) in [5, 5.41) is 12.3. The van der Waals surface area contributed by atoms with E-state index in [1.54, 1.807) is 0 Å². The maximum absolute atomic E-state index is 10.8. The van der Waals surface area contributed by atoms with E-state index in [0.29, 0.717) is 13.0 Å². The van der Waals surface area contributed by atoms with Crippen molar-refractivity contribution < 1.29 is 9.90 Å². The summed E-state index contributed by atoms with van der Waals surface area (Å²) in [6, 6.07) is 21.2. The molecule has 4 rings (SSSR count). The zero-order valence-corrected chi connectivity index (χ0v) is 17.3. The molecule has 0 spiro atoms. The normalized spacial score (nSPS) is 13.0. The van der Waals surface area contributed by atoms with Gasteiger partial charge in [-0.1, -0.05) is 36.4 Å². The van der Waals surface area contributed by atoms with E-state index in [1.807, 2.05) is 19.1 Å². The molecule has 154 valence electrons. The van der Waals surface area contributed by atoms with Gasteiger partial charge in [-0.3, -0.25) is 4.79 Å².